The summed E-state index contributed by atoms with van der Waals surface area (Å²) < 4.78 is 2.49. The molecule has 1 aromatic heterocycles. The fraction of sp³-hybridized carbons (Fsp3) is 0.714. The van der Waals surface area contributed by atoms with E-state index in [9.17, 15) is 0 Å². The van der Waals surface area contributed by atoms with Gasteiger partial charge in [-0.3, -0.25) is 0 Å². The van der Waals surface area contributed by atoms with Gasteiger partial charge in [-0.1, -0.05) is 6.92 Å². The molecule has 1 aromatic rings. The average molecular weight is 397 g/mol. The van der Waals surface area contributed by atoms with Crippen molar-refractivity contribution in [3.8, 4) is 0 Å². The summed E-state index contributed by atoms with van der Waals surface area (Å²) >= 11 is 8.92. The fourth-order valence-electron chi connectivity index (χ4n) is 1.78. The summed E-state index contributed by atoms with van der Waals surface area (Å²) in [7, 11) is 0. The van der Waals surface area contributed by atoms with Gasteiger partial charge in [0, 0.05) is 5.54 Å². The van der Waals surface area contributed by atoms with Gasteiger partial charge in [0.1, 0.15) is 0 Å². The second kappa shape index (κ2) is 7.41. The SMILES string of the molecule is CC(CCNC(C)(C)C)CCc1cc(Br)sc1Br. The molecule has 0 aliphatic carbocycles. The van der Waals surface area contributed by atoms with Gasteiger partial charge in [-0.25, -0.2) is 0 Å². The Bertz CT molecular complexity index is 368. The van der Waals surface area contributed by atoms with Gasteiger partial charge < -0.3 is 5.32 Å². The molecule has 0 amide bonds. The summed E-state index contributed by atoms with van der Waals surface area (Å²) in [5.41, 5.74) is 1.67. The molecule has 104 valence electrons. The van der Waals surface area contributed by atoms with Crippen molar-refractivity contribution in [3.63, 3.8) is 0 Å². The number of hydrogen-bond donors (Lipinski definition) is 1. The van der Waals surface area contributed by atoms with Crippen molar-refractivity contribution in [1.82, 2.24) is 5.32 Å². The number of nitrogens with one attached hydrogen (secondary N) is 1. The minimum atomic E-state index is 0.237. The zero-order valence-electron chi connectivity index (χ0n) is 11.6. The molecule has 1 nitrogen and oxygen atoms in total. The Labute approximate surface area is 132 Å². The molecule has 0 saturated heterocycles. The maximum atomic E-state index is 3.62. The minimum absolute atomic E-state index is 0.237. The first kappa shape index (κ1) is 16.7. The molecule has 4 heteroatoms. The Morgan fingerprint density at radius 3 is 2.44 bits per heavy atom. The van der Waals surface area contributed by atoms with Crippen LogP contribution in [0.3, 0.4) is 0 Å². The van der Waals surface area contributed by atoms with Crippen LogP contribution in [0.25, 0.3) is 0 Å². The van der Waals surface area contributed by atoms with Crippen LogP contribution in [-0.2, 0) is 6.42 Å². The smallest absolute Gasteiger partial charge is 0.0742 e. The van der Waals surface area contributed by atoms with Gasteiger partial charge in [0.15, 0.2) is 0 Å². The van der Waals surface area contributed by atoms with E-state index in [1.54, 1.807) is 11.3 Å². The summed E-state index contributed by atoms with van der Waals surface area (Å²) in [4.78, 5) is 0. The maximum Gasteiger partial charge on any atom is 0.0742 e. The molecule has 1 N–H and O–H groups in total. The van der Waals surface area contributed by atoms with Crippen LogP contribution in [0.4, 0.5) is 0 Å². The highest BCUT2D eigenvalue weighted by Gasteiger charge is 2.11. The van der Waals surface area contributed by atoms with Crippen LogP contribution in [0.2, 0.25) is 0 Å². The molecule has 0 aromatic carbocycles. The highest BCUT2D eigenvalue weighted by atomic mass is 79.9. The lowest BCUT2D eigenvalue weighted by atomic mass is 9.99. The Kier molecular flexibility index (Phi) is 6.87. The Balaban J connectivity index is 2.25. The zero-order chi connectivity index (χ0) is 13.8. The van der Waals surface area contributed by atoms with E-state index in [0.29, 0.717) is 0 Å². The van der Waals surface area contributed by atoms with Crippen LogP contribution >= 0.6 is 43.2 Å². The minimum Gasteiger partial charge on any atom is -0.312 e. The van der Waals surface area contributed by atoms with E-state index in [0.717, 1.165) is 12.5 Å². The predicted octanol–water partition coefficient (Wildman–Crippen LogP) is 5.62. The molecule has 0 radical (unpaired) electrons. The number of halogens is 2. The van der Waals surface area contributed by atoms with Gasteiger partial charge in [-0.15, -0.1) is 11.3 Å². The van der Waals surface area contributed by atoms with Crippen molar-refractivity contribution in [2.75, 3.05) is 6.54 Å². The topological polar surface area (TPSA) is 12.0 Å². The fourth-order valence-corrected chi connectivity index (χ4v) is 4.70. The molecule has 18 heavy (non-hydrogen) atoms. The van der Waals surface area contributed by atoms with Gasteiger partial charge in [0.2, 0.25) is 0 Å². The van der Waals surface area contributed by atoms with Crippen molar-refractivity contribution in [2.24, 2.45) is 5.92 Å². The second-order valence-corrected chi connectivity index (χ2v) is 9.71. The number of thiophene rings is 1. The van der Waals surface area contributed by atoms with E-state index in [-0.39, 0.29) is 5.54 Å². The normalized spacial score (nSPS) is 13.9. The van der Waals surface area contributed by atoms with E-state index in [1.807, 2.05) is 0 Å². The summed E-state index contributed by atoms with van der Waals surface area (Å²) in [6.07, 6.45) is 3.67. The first-order valence-electron chi connectivity index (χ1n) is 6.46. The van der Waals surface area contributed by atoms with Crippen molar-refractivity contribution in [3.05, 3.63) is 19.2 Å². The lowest BCUT2D eigenvalue weighted by Crippen LogP contribution is -2.36. The zero-order valence-corrected chi connectivity index (χ0v) is 15.6. The van der Waals surface area contributed by atoms with E-state index in [2.05, 4.69) is 70.9 Å². The van der Waals surface area contributed by atoms with E-state index < -0.39 is 0 Å². The molecule has 0 bridgehead atoms. The van der Waals surface area contributed by atoms with Gasteiger partial charge in [-0.2, -0.15) is 0 Å². The lowest BCUT2D eigenvalue weighted by Gasteiger charge is -2.22. The standard InChI is InChI=1S/C14H23Br2NS/c1-10(7-8-17-14(2,3)4)5-6-11-9-12(15)18-13(11)16/h9-10,17H,5-8H2,1-4H3. The van der Waals surface area contributed by atoms with Gasteiger partial charge >= 0.3 is 0 Å². The van der Waals surface area contributed by atoms with Gasteiger partial charge in [0.25, 0.3) is 0 Å². The molecule has 1 atom stereocenters. The van der Waals surface area contributed by atoms with Crippen molar-refractivity contribution >= 4 is 43.2 Å². The third-order valence-electron chi connectivity index (χ3n) is 2.93. The van der Waals surface area contributed by atoms with Gasteiger partial charge in [0.05, 0.1) is 7.57 Å². The molecular weight excluding hydrogens is 374 g/mol. The highest BCUT2D eigenvalue weighted by molar-refractivity contribution is 9.12. The average Bonchev–Trinajstić information content (AvgIpc) is 2.52. The molecular formula is C14H23Br2NS. The molecule has 0 aliphatic rings. The highest BCUT2D eigenvalue weighted by Crippen LogP contribution is 2.33. The number of rotatable bonds is 6. The summed E-state index contributed by atoms with van der Waals surface area (Å²) in [5, 5.41) is 3.55. The predicted molar refractivity (Wildman–Crippen MR) is 89.6 cm³/mol. The van der Waals surface area contributed by atoms with E-state index in [4.69, 9.17) is 0 Å². The summed E-state index contributed by atoms with van der Waals surface area (Å²) in [6.45, 7) is 10.1. The molecule has 0 spiro atoms. The molecule has 1 rings (SSSR count). The van der Waals surface area contributed by atoms with E-state index in [1.165, 1.54) is 32.4 Å². The molecule has 1 heterocycles. The first-order valence-corrected chi connectivity index (χ1v) is 8.87. The molecule has 0 aliphatic heterocycles. The number of aryl methyl sites for hydroxylation is 1. The molecule has 0 saturated carbocycles. The van der Waals surface area contributed by atoms with Crippen LogP contribution in [-0.4, -0.2) is 12.1 Å². The Hall–Kier alpha value is 0.620. The van der Waals surface area contributed by atoms with Crippen LogP contribution in [0.5, 0.6) is 0 Å². The van der Waals surface area contributed by atoms with Crippen molar-refractivity contribution in [1.29, 1.82) is 0 Å². The van der Waals surface area contributed by atoms with Crippen LogP contribution in [0.1, 0.15) is 46.1 Å². The Morgan fingerprint density at radius 1 is 1.28 bits per heavy atom. The number of hydrogen-bond acceptors (Lipinski definition) is 2. The summed E-state index contributed by atoms with van der Waals surface area (Å²) in [6, 6.07) is 2.23. The first-order chi connectivity index (χ1) is 8.28. The Morgan fingerprint density at radius 2 is 1.94 bits per heavy atom. The lowest BCUT2D eigenvalue weighted by molar-refractivity contribution is 0.386. The quantitative estimate of drug-likeness (QED) is 0.657. The molecule has 0 fully saturated rings. The van der Waals surface area contributed by atoms with Crippen molar-refractivity contribution in [2.45, 2.75) is 52.5 Å². The summed E-state index contributed by atoms with van der Waals surface area (Å²) in [5.74, 6) is 0.769. The van der Waals surface area contributed by atoms with Crippen LogP contribution < -0.4 is 5.32 Å². The third kappa shape index (κ3) is 6.69. The third-order valence-corrected chi connectivity index (χ3v) is 5.39. The van der Waals surface area contributed by atoms with Crippen LogP contribution in [0, 0.1) is 5.92 Å². The van der Waals surface area contributed by atoms with Crippen molar-refractivity contribution < 1.29 is 0 Å². The van der Waals surface area contributed by atoms with Gasteiger partial charge in [-0.05, 0) is 96.0 Å². The maximum absolute atomic E-state index is 3.62. The van der Waals surface area contributed by atoms with E-state index >= 15 is 0 Å². The monoisotopic (exact) mass is 395 g/mol. The largest absolute Gasteiger partial charge is 0.312 e. The molecule has 1 unspecified atom stereocenters. The second-order valence-electron chi connectivity index (χ2n) is 5.96. The van der Waals surface area contributed by atoms with Crippen LogP contribution in [0.15, 0.2) is 13.6 Å².